The predicted octanol–water partition coefficient (Wildman–Crippen LogP) is 1.74. The maximum absolute atomic E-state index is 12.2. The highest BCUT2D eigenvalue weighted by Gasteiger charge is 2.35. The van der Waals surface area contributed by atoms with Crippen molar-refractivity contribution in [2.75, 3.05) is 6.61 Å². The SMILES string of the molecule is CCc1ncsc1C(=O)NC1(CO)CCCC1. The van der Waals surface area contributed by atoms with Gasteiger partial charge in [0.1, 0.15) is 4.88 Å². The minimum absolute atomic E-state index is 0.0268. The van der Waals surface area contributed by atoms with Gasteiger partial charge in [-0.3, -0.25) is 4.79 Å². The normalized spacial score (nSPS) is 18.2. The Labute approximate surface area is 105 Å². The number of carbonyl (C=O) groups is 1. The molecule has 0 radical (unpaired) electrons. The lowest BCUT2D eigenvalue weighted by atomic mass is 9.99. The lowest BCUT2D eigenvalue weighted by molar-refractivity contribution is 0.0841. The Kier molecular flexibility index (Phi) is 3.79. The number of aromatic nitrogens is 1. The van der Waals surface area contributed by atoms with Crippen molar-refractivity contribution in [2.45, 2.75) is 44.6 Å². The Balaban J connectivity index is 2.11. The third-order valence-corrected chi connectivity index (χ3v) is 4.29. The maximum Gasteiger partial charge on any atom is 0.263 e. The zero-order valence-electron chi connectivity index (χ0n) is 10.0. The fraction of sp³-hybridized carbons (Fsp3) is 0.667. The molecule has 0 atom stereocenters. The largest absolute Gasteiger partial charge is 0.394 e. The Morgan fingerprint density at radius 1 is 1.59 bits per heavy atom. The number of hydrogen-bond donors (Lipinski definition) is 2. The van der Waals surface area contributed by atoms with Crippen LogP contribution in [0.15, 0.2) is 5.51 Å². The van der Waals surface area contributed by atoms with E-state index in [0.717, 1.165) is 37.8 Å². The molecule has 2 rings (SSSR count). The number of amides is 1. The van der Waals surface area contributed by atoms with E-state index in [0.29, 0.717) is 4.88 Å². The van der Waals surface area contributed by atoms with Gasteiger partial charge < -0.3 is 10.4 Å². The zero-order chi connectivity index (χ0) is 12.3. The molecule has 0 saturated heterocycles. The van der Waals surface area contributed by atoms with E-state index in [1.807, 2.05) is 6.92 Å². The average molecular weight is 254 g/mol. The third kappa shape index (κ3) is 2.50. The lowest BCUT2D eigenvalue weighted by Crippen LogP contribution is -2.49. The van der Waals surface area contributed by atoms with Crippen LogP contribution in [0.1, 0.15) is 48.0 Å². The molecule has 0 bridgehead atoms. The van der Waals surface area contributed by atoms with Crippen LogP contribution < -0.4 is 5.32 Å². The van der Waals surface area contributed by atoms with Gasteiger partial charge in [-0.05, 0) is 19.3 Å². The lowest BCUT2D eigenvalue weighted by Gasteiger charge is -2.27. The first-order chi connectivity index (χ1) is 8.21. The average Bonchev–Trinajstić information content (AvgIpc) is 2.97. The number of nitrogens with one attached hydrogen (secondary N) is 1. The predicted molar refractivity (Wildman–Crippen MR) is 67.2 cm³/mol. The second-order valence-corrected chi connectivity index (χ2v) is 5.44. The summed E-state index contributed by atoms with van der Waals surface area (Å²) >= 11 is 1.37. The second kappa shape index (κ2) is 5.14. The van der Waals surface area contributed by atoms with Gasteiger partial charge in [0.15, 0.2) is 0 Å². The van der Waals surface area contributed by atoms with Crippen LogP contribution in [0, 0.1) is 0 Å². The van der Waals surface area contributed by atoms with Gasteiger partial charge in [-0.1, -0.05) is 19.8 Å². The van der Waals surface area contributed by atoms with Crippen LogP contribution in [0.25, 0.3) is 0 Å². The minimum Gasteiger partial charge on any atom is -0.394 e. The van der Waals surface area contributed by atoms with Crippen molar-refractivity contribution >= 4 is 17.2 Å². The second-order valence-electron chi connectivity index (χ2n) is 4.58. The van der Waals surface area contributed by atoms with Gasteiger partial charge in [0.25, 0.3) is 5.91 Å². The van der Waals surface area contributed by atoms with Crippen LogP contribution in [-0.2, 0) is 6.42 Å². The number of thiazole rings is 1. The number of rotatable bonds is 4. The summed E-state index contributed by atoms with van der Waals surface area (Å²) in [4.78, 5) is 17.0. The van der Waals surface area contributed by atoms with Crippen molar-refractivity contribution in [3.63, 3.8) is 0 Å². The van der Waals surface area contributed by atoms with Gasteiger partial charge in [-0.25, -0.2) is 4.98 Å². The Morgan fingerprint density at radius 3 is 2.88 bits per heavy atom. The van der Waals surface area contributed by atoms with Crippen LogP contribution >= 0.6 is 11.3 Å². The quantitative estimate of drug-likeness (QED) is 0.860. The van der Waals surface area contributed by atoms with Crippen molar-refractivity contribution < 1.29 is 9.90 Å². The van der Waals surface area contributed by atoms with E-state index in [9.17, 15) is 9.90 Å². The molecule has 17 heavy (non-hydrogen) atoms. The van der Waals surface area contributed by atoms with Crippen LogP contribution in [0.3, 0.4) is 0 Å². The van der Waals surface area contributed by atoms with Gasteiger partial charge in [-0.15, -0.1) is 11.3 Å². The van der Waals surface area contributed by atoms with Gasteiger partial charge >= 0.3 is 0 Å². The summed E-state index contributed by atoms with van der Waals surface area (Å²) in [5.41, 5.74) is 2.15. The molecular weight excluding hydrogens is 236 g/mol. The molecule has 1 fully saturated rings. The first-order valence-corrected chi connectivity index (χ1v) is 6.94. The molecule has 0 aliphatic heterocycles. The zero-order valence-corrected chi connectivity index (χ0v) is 10.8. The summed E-state index contributed by atoms with van der Waals surface area (Å²) in [5.74, 6) is -0.0831. The van der Waals surface area contributed by atoms with Crippen molar-refractivity contribution in [1.82, 2.24) is 10.3 Å². The van der Waals surface area contributed by atoms with E-state index < -0.39 is 5.54 Å². The smallest absolute Gasteiger partial charge is 0.263 e. The Morgan fingerprint density at radius 2 is 2.29 bits per heavy atom. The van der Waals surface area contributed by atoms with Gasteiger partial charge in [0.05, 0.1) is 23.4 Å². The number of aryl methyl sites for hydroxylation is 1. The molecule has 1 heterocycles. The van der Waals surface area contributed by atoms with Crippen LogP contribution in [0.5, 0.6) is 0 Å². The summed E-state index contributed by atoms with van der Waals surface area (Å²) in [6.07, 6.45) is 4.65. The first-order valence-electron chi connectivity index (χ1n) is 6.06. The van der Waals surface area contributed by atoms with Gasteiger partial charge in [0.2, 0.25) is 0 Å². The number of aliphatic hydroxyl groups is 1. The van der Waals surface area contributed by atoms with E-state index in [2.05, 4.69) is 10.3 Å². The third-order valence-electron chi connectivity index (χ3n) is 3.42. The number of hydrogen-bond acceptors (Lipinski definition) is 4. The Bertz CT molecular complexity index is 397. The summed E-state index contributed by atoms with van der Waals surface area (Å²) < 4.78 is 0. The molecule has 1 aliphatic rings. The van der Waals surface area contributed by atoms with E-state index >= 15 is 0 Å². The van der Waals surface area contributed by atoms with Crippen molar-refractivity contribution in [2.24, 2.45) is 0 Å². The molecule has 0 aromatic carbocycles. The number of carbonyl (C=O) groups excluding carboxylic acids is 1. The minimum atomic E-state index is -0.397. The molecule has 1 saturated carbocycles. The highest BCUT2D eigenvalue weighted by molar-refractivity contribution is 7.11. The van der Waals surface area contributed by atoms with Crippen molar-refractivity contribution in [3.05, 3.63) is 16.1 Å². The van der Waals surface area contributed by atoms with Crippen molar-refractivity contribution in [1.29, 1.82) is 0 Å². The molecule has 0 spiro atoms. The number of aliphatic hydroxyl groups excluding tert-OH is 1. The molecule has 94 valence electrons. The highest BCUT2D eigenvalue weighted by Crippen LogP contribution is 2.30. The number of nitrogens with zero attached hydrogens (tertiary/aromatic N) is 1. The fourth-order valence-corrected chi connectivity index (χ4v) is 3.15. The molecule has 5 heteroatoms. The maximum atomic E-state index is 12.2. The fourth-order valence-electron chi connectivity index (χ4n) is 2.38. The van der Waals surface area contributed by atoms with Crippen LogP contribution in [0.2, 0.25) is 0 Å². The summed E-state index contributed by atoms with van der Waals surface area (Å²) in [5, 5.41) is 12.5. The molecule has 1 aromatic heterocycles. The molecular formula is C12H18N2O2S. The molecule has 1 aromatic rings. The molecule has 0 unspecified atom stereocenters. The van der Waals surface area contributed by atoms with E-state index in [-0.39, 0.29) is 12.5 Å². The molecule has 2 N–H and O–H groups in total. The van der Waals surface area contributed by atoms with E-state index in [1.165, 1.54) is 11.3 Å². The van der Waals surface area contributed by atoms with E-state index in [1.54, 1.807) is 5.51 Å². The molecule has 4 nitrogen and oxygen atoms in total. The van der Waals surface area contributed by atoms with Crippen LogP contribution in [0.4, 0.5) is 0 Å². The molecule has 1 amide bonds. The molecule has 1 aliphatic carbocycles. The monoisotopic (exact) mass is 254 g/mol. The first kappa shape index (κ1) is 12.5. The topological polar surface area (TPSA) is 62.2 Å². The van der Waals surface area contributed by atoms with Crippen molar-refractivity contribution in [3.8, 4) is 0 Å². The highest BCUT2D eigenvalue weighted by atomic mass is 32.1. The summed E-state index contributed by atoms with van der Waals surface area (Å²) in [6.45, 7) is 2.02. The Hall–Kier alpha value is -0.940. The van der Waals surface area contributed by atoms with Gasteiger partial charge in [-0.2, -0.15) is 0 Å². The van der Waals surface area contributed by atoms with E-state index in [4.69, 9.17) is 0 Å². The summed E-state index contributed by atoms with van der Waals surface area (Å²) in [6, 6.07) is 0. The summed E-state index contributed by atoms with van der Waals surface area (Å²) in [7, 11) is 0. The van der Waals surface area contributed by atoms with Crippen LogP contribution in [-0.4, -0.2) is 28.1 Å². The standard InChI is InChI=1S/C12H18N2O2S/c1-2-9-10(17-8-13-9)11(16)14-12(7-15)5-3-4-6-12/h8,15H,2-7H2,1H3,(H,14,16). The van der Waals surface area contributed by atoms with Gasteiger partial charge in [0, 0.05) is 0 Å².